The predicted molar refractivity (Wildman–Crippen MR) is 63.9 cm³/mol. The summed E-state index contributed by atoms with van der Waals surface area (Å²) in [6.45, 7) is 2.42. The van der Waals surface area contributed by atoms with Gasteiger partial charge in [-0.05, 0) is 28.9 Å². The Morgan fingerprint density at radius 2 is 1.74 bits per heavy atom. The SMILES string of the molecule is CCNC1CC1C(=O)c1c(F)c(F)c(Br)c(F)c1F. The molecule has 7 heteroatoms. The highest BCUT2D eigenvalue weighted by molar-refractivity contribution is 9.10. The summed E-state index contributed by atoms with van der Waals surface area (Å²) in [6, 6.07) is -0.189. The molecule has 0 heterocycles. The maximum Gasteiger partial charge on any atom is 0.176 e. The van der Waals surface area contributed by atoms with Gasteiger partial charge in [-0.25, -0.2) is 17.6 Å². The van der Waals surface area contributed by atoms with Crippen LogP contribution >= 0.6 is 15.9 Å². The lowest BCUT2D eigenvalue weighted by Crippen LogP contribution is -2.21. The van der Waals surface area contributed by atoms with Crippen LogP contribution in [0.5, 0.6) is 0 Å². The molecule has 0 bridgehead atoms. The Balaban J connectivity index is 2.38. The van der Waals surface area contributed by atoms with E-state index in [1.165, 1.54) is 0 Å². The van der Waals surface area contributed by atoms with Gasteiger partial charge in [0.25, 0.3) is 0 Å². The number of hydrogen-bond donors (Lipinski definition) is 1. The summed E-state index contributed by atoms with van der Waals surface area (Å²) in [7, 11) is 0. The van der Waals surface area contributed by atoms with Crippen molar-refractivity contribution >= 4 is 21.7 Å². The molecule has 1 aliphatic carbocycles. The quantitative estimate of drug-likeness (QED) is 0.395. The fourth-order valence-electron chi connectivity index (χ4n) is 1.98. The van der Waals surface area contributed by atoms with Crippen molar-refractivity contribution in [3.05, 3.63) is 33.3 Å². The topological polar surface area (TPSA) is 29.1 Å². The first-order valence-electron chi connectivity index (χ1n) is 5.69. The Morgan fingerprint density at radius 3 is 2.21 bits per heavy atom. The van der Waals surface area contributed by atoms with Gasteiger partial charge < -0.3 is 5.32 Å². The molecule has 1 aliphatic rings. The molecule has 0 spiro atoms. The smallest absolute Gasteiger partial charge is 0.176 e. The fourth-order valence-corrected chi connectivity index (χ4v) is 2.33. The summed E-state index contributed by atoms with van der Waals surface area (Å²) in [6.07, 6.45) is 0.408. The van der Waals surface area contributed by atoms with Gasteiger partial charge in [0.2, 0.25) is 0 Å². The van der Waals surface area contributed by atoms with Crippen molar-refractivity contribution in [1.29, 1.82) is 0 Å². The van der Waals surface area contributed by atoms with Crippen molar-refractivity contribution in [2.45, 2.75) is 19.4 Å². The highest BCUT2D eigenvalue weighted by Gasteiger charge is 2.45. The standard InChI is InChI=1S/C12H10BrF4NO/c1-2-18-5-3-4(5)12(19)6-8(14)10(16)7(13)11(17)9(6)15/h4-5,18H,2-3H2,1H3. The van der Waals surface area contributed by atoms with Gasteiger partial charge in [-0.15, -0.1) is 0 Å². The average Bonchev–Trinajstić information content (AvgIpc) is 3.14. The van der Waals surface area contributed by atoms with E-state index in [0.717, 1.165) is 0 Å². The van der Waals surface area contributed by atoms with Crippen LogP contribution in [0.25, 0.3) is 0 Å². The molecule has 0 aliphatic heterocycles. The molecule has 1 N–H and O–H groups in total. The number of halogens is 5. The number of benzene rings is 1. The van der Waals surface area contributed by atoms with Crippen molar-refractivity contribution in [1.82, 2.24) is 5.32 Å². The second-order valence-electron chi connectivity index (χ2n) is 4.32. The van der Waals surface area contributed by atoms with Crippen molar-refractivity contribution < 1.29 is 22.4 Å². The van der Waals surface area contributed by atoms with Gasteiger partial charge in [0.05, 0.1) is 10.0 Å². The summed E-state index contributed by atoms with van der Waals surface area (Å²) < 4.78 is 52.9. The van der Waals surface area contributed by atoms with Crippen LogP contribution in [0.2, 0.25) is 0 Å². The highest BCUT2D eigenvalue weighted by Crippen LogP contribution is 2.37. The molecule has 0 aromatic heterocycles. The monoisotopic (exact) mass is 339 g/mol. The summed E-state index contributed by atoms with van der Waals surface area (Å²) in [5.74, 6) is -8.04. The second kappa shape index (κ2) is 5.20. The Morgan fingerprint density at radius 1 is 1.21 bits per heavy atom. The van der Waals surface area contributed by atoms with Gasteiger partial charge in [-0.3, -0.25) is 4.79 Å². The van der Waals surface area contributed by atoms with E-state index >= 15 is 0 Å². The molecule has 1 aromatic carbocycles. The number of hydrogen-bond acceptors (Lipinski definition) is 2. The lowest BCUT2D eigenvalue weighted by molar-refractivity contribution is 0.0952. The molecule has 0 amide bonds. The number of carbonyl (C=O) groups excluding carboxylic acids is 1. The number of Topliss-reactive ketones (excluding diaryl/α,β-unsaturated/α-hetero) is 1. The van der Waals surface area contributed by atoms with Gasteiger partial charge in [0.15, 0.2) is 29.1 Å². The summed E-state index contributed by atoms with van der Waals surface area (Å²) in [5.41, 5.74) is -1.14. The van der Waals surface area contributed by atoms with E-state index in [2.05, 4.69) is 21.2 Å². The first-order chi connectivity index (χ1) is 8.90. The van der Waals surface area contributed by atoms with E-state index in [1.54, 1.807) is 0 Å². The number of nitrogens with one attached hydrogen (secondary N) is 1. The molecule has 104 valence electrons. The molecule has 1 aromatic rings. The molecule has 2 nitrogen and oxygen atoms in total. The van der Waals surface area contributed by atoms with Crippen LogP contribution in [0.3, 0.4) is 0 Å². The van der Waals surface area contributed by atoms with E-state index in [0.29, 0.717) is 13.0 Å². The predicted octanol–water partition coefficient (Wildman–Crippen LogP) is 3.19. The Bertz CT molecular complexity index is 520. The minimum Gasteiger partial charge on any atom is -0.313 e. The number of ketones is 1. The van der Waals surface area contributed by atoms with Crippen LogP contribution < -0.4 is 5.32 Å². The summed E-state index contributed by atoms with van der Waals surface area (Å²) in [5, 5.41) is 2.94. The van der Waals surface area contributed by atoms with Crippen molar-refractivity contribution in [2.24, 2.45) is 5.92 Å². The van der Waals surface area contributed by atoms with Gasteiger partial charge in [0.1, 0.15) is 0 Å². The zero-order valence-electron chi connectivity index (χ0n) is 9.87. The summed E-state index contributed by atoms with van der Waals surface area (Å²) in [4.78, 5) is 11.9. The highest BCUT2D eigenvalue weighted by atomic mass is 79.9. The van der Waals surface area contributed by atoms with Gasteiger partial charge in [0, 0.05) is 12.0 Å². The van der Waals surface area contributed by atoms with E-state index in [9.17, 15) is 22.4 Å². The van der Waals surface area contributed by atoms with Gasteiger partial charge >= 0.3 is 0 Å². The zero-order chi connectivity index (χ0) is 14.3. The number of carbonyl (C=O) groups is 1. The van der Waals surface area contributed by atoms with E-state index in [-0.39, 0.29) is 6.04 Å². The minimum absolute atomic E-state index is 0.189. The molecule has 0 saturated heterocycles. The van der Waals surface area contributed by atoms with Crippen LogP contribution in [0.4, 0.5) is 17.6 Å². The first-order valence-corrected chi connectivity index (χ1v) is 6.48. The van der Waals surface area contributed by atoms with E-state index in [4.69, 9.17) is 0 Å². The van der Waals surface area contributed by atoms with Crippen molar-refractivity contribution in [2.75, 3.05) is 6.54 Å². The largest absolute Gasteiger partial charge is 0.313 e. The van der Waals surface area contributed by atoms with E-state index < -0.39 is 45.0 Å². The minimum atomic E-state index is -1.65. The Kier molecular flexibility index (Phi) is 3.96. The summed E-state index contributed by atoms with van der Waals surface area (Å²) >= 11 is 2.40. The Labute approximate surface area is 115 Å². The molecule has 0 radical (unpaired) electrons. The lowest BCUT2D eigenvalue weighted by Gasteiger charge is -2.08. The van der Waals surface area contributed by atoms with Crippen molar-refractivity contribution in [3.8, 4) is 0 Å². The molecule has 2 unspecified atom stereocenters. The molecular weight excluding hydrogens is 330 g/mol. The van der Waals surface area contributed by atoms with E-state index in [1.807, 2.05) is 6.92 Å². The maximum absolute atomic E-state index is 13.6. The molecule has 2 atom stereocenters. The fraction of sp³-hybridized carbons (Fsp3) is 0.417. The molecule has 2 rings (SSSR count). The van der Waals surface area contributed by atoms with Gasteiger partial charge in [-0.2, -0.15) is 0 Å². The normalized spacial score (nSPS) is 21.6. The third-order valence-electron chi connectivity index (χ3n) is 3.05. The molecular formula is C12H10BrF4NO. The average molecular weight is 340 g/mol. The van der Waals surface area contributed by atoms with Crippen LogP contribution in [-0.4, -0.2) is 18.4 Å². The molecule has 1 fully saturated rings. The van der Waals surface area contributed by atoms with Crippen LogP contribution in [-0.2, 0) is 0 Å². The maximum atomic E-state index is 13.6. The second-order valence-corrected chi connectivity index (χ2v) is 5.11. The molecule has 1 saturated carbocycles. The van der Waals surface area contributed by atoms with Crippen LogP contribution in [0.15, 0.2) is 4.47 Å². The number of rotatable bonds is 4. The van der Waals surface area contributed by atoms with Gasteiger partial charge in [-0.1, -0.05) is 6.92 Å². The van der Waals surface area contributed by atoms with Crippen LogP contribution in [0, 0.1) is 29.2 Å². The third kappa shape index (κ3) is 2.41. The molecule has 19 heavy (non-hydrogen) atoms. The van der Waals surface area contributed by atoms with Crippen LogP contribution in [0.1, 0.15) is 23.7 Å². The Hall–Kier alpha value is -0.950. The zero-order valence-corrected chi connectivity index (χ0v) is 11.5. The third-order valence-corrected chi connectivity index (χ3v) is 3.75. The van der Waals surface area contributed by atoms with Crippen molar-refractivity contribution in [3.63, 3.8) is 0 Å². The lowest BCUT2D eigenvalue weighted by atomic mass is 10.0. The first kappa shape index (κ1) is 14.5.